The Morgan fingerprint density at radius 3 is 0.802 bits per heavy atom. The molecule has 0 saturated heterocycles. The standard InChI is InChI=1S/C51H31N3.C49H29N3/c52-32-33-15-17-36(18-16-33)41-27-29-45-43-13-7-8-14-44(43)46-30-28-42(49(41)50(45)46)37-23-19-34(20-24-37)35-21-25-39(26-22-35)48-31-47(38-9-3-1-4-10-38)53-51(54-48)40-11-5-2-6-12-40;50-30-31-19-21-32(22-20-31)35-23-26-42-38-17-9-10-18-39(38)43-27-28-44(47(35)48(42)43)40-24-25-41(37-16-8-7-15-36(37)40)46-29-45(33-11-3-1-4-12-33)51-49(52-46)34-13-5-2-6-14-34/h1-31H;1-29H. The topological polar surface area (TPSA) is 99.1 Å². The third kappa shape index (κ3) is 11.1. The monoisotopic (exact) mass is 1340 g/mol. The van der Waals surface area contributed by atoms with Crippen LogP contribution in [0.5, 0.6) is 0 Å². The van der Waals surface area contributed by atoms with Crippen LogP contribution in [-0.4, -0.2) is 19.9 Å². The Bertz CT molecular complexity index is 6410. The second kappa shape index (κ2) is 26.4. The molecule has 0 unspecified atom stereocenters. The minimum atomic E-state index is 0.652. The first-order chi connectivity index (χ1) is 52.5. The van der Waals surface area contributed by atoms with Gasteiger partial charge in [-0.05, 0) is 169 Å². The van der Waals surface area contributed by atoms with E-state index in [1.54, 1.807) is 0 Å². The Kier molecular flexibility index (Phi) is 15.6. The first-order valence-corrected chi connectivity index (χ1v) is 35.6. The molecule has 0 saturated carbocycles. The fourth-order valence-corrected chi connectivity index (χ4v) is 15.7. The van der Waals surface area contributed by atoms with E-state index in [0.717, 1.165) is 111 Å². The summed E-state index contributed by atoms with van der Waals surface area (Å²) in [4.78, 5) is 20.2. The van der Waals surface area contributed by atoms with Gasteiger partial charge in [0.25, 0.3) is 0 Å². The SMILES string of the molecule is N#Cc1ccc(-c2ccc3c4c(ccc(-c5ccc(-c6cc(-c7ccccc7)nc(-c7ccccc7)n6)c6ccccc56)c24)-c2ccccc2-3)cc1.N#Cc1ccc(-c2ccc3c4c(ccc(-c5ccc(-c6ccc(-c7cc(-c8ccccc8)nc(-c8ccccc8)n7)cc6)cc5)c24)-c2ccccc2-3)cc1. The van der Waals surface area contributed by atoms with Gasteiger partial charge in [-0.2, -0.15) is 10.5 Å². The summed E-state index contributed by atoms with van der Waals surface area (Å²) < 4.78 is 0. The lowest BCUT2D eigenvalue weighted by Gasteiger charge is -2.18. The zero-order chi connectivity index (χ0) is 70.6. The predicted octanol–water partition coefficient (Wildman–Crippen LogP) is 25.8. The minimum absolute atomic E-state index is 0.652. The van der Waals surface area contributed by atoms with Crippen molar-refractivity contribution in [2.75, 3.05) is 0 Å². The number of hydrogen-bond donors (Lipinski definition) is 0. The van der Waals surface area contributed by atoms with E-state index in [0.29, 0.717) is 22.8 Å². The molecular weight excluding hydrogens is 1290 g/mol. The number of rotatable bonds is 11. The molecule has 0 atom stereocenters. The molecule has 18 aromatic rings. The van der Waals surface area contributed by atoms with E-state index in [2.05, 4.69) is 279 Å². The lowest BCUT2D eigenvalue weighted by Crippen LogP contribution is -1.97. The van der Waals surface area contributed by atoms with E-state index >= 15 is 0 Å². The highest BCUT2D eigenvalue weighted by Crippen LogP contribution is 2.55. The maximum atomic E-state index is 9.54. The van der Waals surface area contributed by atoms with Crippen LogP contribution >= 0.6 is 0 Å². The molecule has 0 fully saturated rings. The van der Waals surface area contributed by atoms with Crippen LogP contribution in [0.3, 0.4) is 0 Å². The summed E-state index contributed by atoms with van der Waals surface area (Å²) in [6.45, 7) is 0. The number of aromatic nitrogens is 4. The van der Waals surface area contributed by atoms with E-state index in [9.17, 15) is 10.5 Å². The smallest absolute Gasteiger partial charge is 0.160 e. The quantitative estimate of drug-likeness (QED) is 0.128. The Hall–Kier alpha value is -14.6. The summed E-state index contributed by atoms with van der Waals surface area (Å²) in [6.07, 6.45) is 0. The molecule has 2 aromatic heterocycles. The third-order valence-corrected chi connectivity index (χ3v) is 20.8. The van der Waals surface area contributed by atoms with Crippen molar-refractivity contribution >= 4 is 32.3 Å². The maximum Gasteiger partial charge on any atom is 0.160 e. The molecule has 0 spiro atoms. The van der Waals surface area contributed by atoms with Crippen LogP contribution in [0.1, 0.15) is 11.1 Å². The lowest BCUT2D eigenvalue weighted by atomic mass is 9.86. The maximum absolute atomic E-state index is 9.54. The average Bonchev–Trinajstić information content (AvgIpc) is 1.53. The van der Waals surface area contributed by atoms with Gasteiger partial charge in [0.1, 0.15) is 0 Å². The number of fused-ring (bicyclic) bond motifs is 7. The van der Waals surface area contributed by atoms with Gasteiger partial charge < -0.3 is 0 Å². The highest BCUT2D eigenvalue weighted by molar-refractivity contribution is 6.25. The molecule has 0 radical (unpaired) electrons. The molecule has 0 aliphatic heterocycles. The van der Waals surface area contributed by atoms with E-state index in [-0.39, 0.29) is 0 Å². The molecule has 0 bridgehead atoms. The van der Waals surface area contributed by atoms with Gasteiger partial charge in [0.2, 0.25) is 0 Å². The third-order valence-electron chi connectivity index (χ3n) is 20.8. The molecule has 2 heterocycles. The molecule has 490 valence electrons. The normalized spacial score (nSPS) is 11.4. The molecule has 6 heteroatoms. The average molecular weight is 1350 g/mol. The highest BCUT2D eigenvalue weighted by atomic mass is 14.9. The zero-order valence-electron chi connectivity index (χ0n) is 57.3. The van der Waals surface area contributed by atoms with E-state index in [1.807, 2.05) is 97.1 Å². The van der Waals surface area contributed by atoms with Gasteiger partial charge in [-0.25, -0.2) is 19.9 Å². The van der Waals surface area contributed by atoms with Gasteiger partial charge in [0, 0.05) is 33.4 Å². The molecule has 16 aromatic carbocycles. The lowest BCUT2D eigenvalue weighted by molar-refractivity contribution is 1.18. The zero-order valence-corrected chi connectivity index (χ0v) is 57.3. The van der Waals surface area contributed by atoms with Crippen molar-refractivity contribution in [2.24, 2.45) is 0 Å². The van der Waals surface area contributed by atoms with Crippen LogP contribution in [0.25, 0.3) is 200 Å². The van der Waals surface area contributed by atoms with E-state index in [4.69, 9.17) is 19.9 Å². The molecule has 106 heavy (non-hydrogen) atoms. The van der Waals surface area contributed by atoms with Crippen LogP contribution in [0, 0.1) is 22.7 Å². The summed E-state index contributed by atoms with van der Waals surface area (Å²) in [7, 11) is 0. The Balaban J connectivity index is 0.000000145. The van der Waals surface area contributed by atoms with Gasteiger partial charge in [-0.3, -0.25) is 0 Å². The number of nitrogens with zero attached hydrogens (tertiary/aromatic N) is 6. The summed E-state index contributed by atoms with van der Waals surface area (Å²) >= 11 is 0. The van der Waals surface area contributed by atoms with Gasteiger partial charge >= 0.3 is 0 Å². The number of benzene rings is 16. The summed E-state index contributed by atoms with van der Waals surface area (Å²) in [6, 6.07) is 132. The second-order valence-corrected chi connectivity index (χ2v) is 26.9. The number of hydrogen-bond acceptors (Lipinski definition) is 6. The molecule has 0 N–H and O–H groups in total. The van der Waals surface area contributed by atoms with Gasteiger partial charge in [0.15, 0.2) is 11.6 Å². The second-order valence-electron chi connectivity index (χ2n) is 26.9. The van der Waals surface area contributed by atoms with Gasteiger partial charge in [-0.15, -0.1) is 0 Å². The van der Waals surface area contributed by atoms with Crippen LogP contribution in [0.2, 0.25) is 0 Å². The fraction of sp³-hybridized carbons (Fsp3) is 0. The van der Waals surface area contributed by atoms with Crippen molar-refractivity contribution in [2.45, 2.75) is 0 Å². The molecule has 20 rings (SSSR count). The van der Waals surface area contributed by atoms with Crippen LogP contribution in [0.15, 0.2) is 364 Å². The molecule has 6 nitrogen and oxygen atoms in total. The van der Waals surface area contributed by atoms with Crippen LogP contribution in [-0.2, 0) is 0 Å². The molecule has 2 aliphatic rings. The predicted molar refractivity (Wildman–Crippen MR) is 435 cm³/mol. The summed E-state index contributed by atoms with van der Waals surface area (Å²) in [5.41, 5.74) is 32.6. The molecular formula is C100H60N6. The molecule has 2 aliphatic carbocycles. The van der Waals surface area contributed by atoms with Crippen molar-refractivity contribution < 1.29 is 0 Å². The Morgan fingerprint density at radius 1 is 0.170 bits per heavy atom. The van der Waals surface area contributed by atoms with E-state index < -0.39 is 0 Å². The van der Waals surface area contributed by atoms with Crippen molar-refractivity contribution in [1.82, 2.24) is 19.9 Å². The Morgan fingerprint density at radius 2 is 0.415 bits per heavy atom. The largest absolute Gasteiger partial charge is 0.228 e. The van der Waals surface area contributed by atoms with Gasteiger partial charge in [-0.1, -0.05) is 328 Å². The first-order valence-electron chi connectivity index (χ1n) is 35.6. The van der Waals surface area contributed by atoms with Crippen molar-refractivity contribution in [3.8, 4) is 180 Å². The summed E-state index contributed by atoms with van der Waals surface area (Å²) in [5.74, 6) is 1.41. The van der Waals surface area contributed by atoms with E-state index in [1.165, 1.54) is 77.2 Å². The summed E-state index contributed by atoms with van der Waals surface area (Å²) in [5, 5.41) is 26.3. The minimum Gasteiger partial charge on any atom is -0.228 e. The van der Waals surface area contributed by atoms with Crippen LogP contribution < -0.4 is 0 Å². The van der Waals surface area contributed by atoms with Crippen molar-refractivity contribution in [3.05, 3.63) is 375 Å². The van der Waals surface area contributed by atoms with Crippen LogP contribution in [0.4, 0.5) is 0 Å². The van der Waals surface area contributed by atoms with Crippen molar-refractivity contribution in [3.63, 3.8) is 0 Å². The highest BCUT2D eigenvalue weighted by Gasteiger charge is 2.28. The first kappa shape index (κ1) is 62.4. The number of nitriles is 2. The molecule has 0 amide bonds. The van der Waals surface area contributed by atoms with Gasteiger partial charge in [0.05, 0.1) is 46.0 Å². The Labute approximate surface area is 614 Å². The van der Waals surface area contributed by atoms with Crippen molar-refractivity contribution in [1.29, 1.82) is 10.5 Å². The fourth-order valence-electron chi connectivity index (χ4n) is 15.7.